The lowest BCUT2D eigenvalue weighted by atomic mass is 10.0. The van der Waals surface area contributed by atoms with Crippen molar-refractivity contribution in [2.75, 3.05) is 13.6 Å². The number of aromatic nitrogens is 2. The lowest BCUT2D eigenvalue weighted by molar-refractivity contribution is 0.235. The highest BCUT2D eigenvalue weighted by Crippen LogP contribution is 2.24. The molecule has 0 radical (unpaired) electrons. The molecule has 0 amide bonds. The minimum atomic E-state index is -0.851. The van der Waals surface area contributed by atoms with Crippen LogP contribution in [-0.2, 0) is 13.6 Å². The van der Waals surface area contributed by atoms with Crippen LogP contribution >= 0.6 is 0 Å². The van der Waals surface area contributed by atoms with Crippen LogP contribution in [0.15, 0.2) is 30.6 Å². The quantitative estimate of drug-likeness (QED) is 0.909. The van der Waals surface area contributed by atoms with E-state index in [1.54, 1.807) is 16.9 Å². The van der Waals surface area contributed by atoms with E-state index in [9.17, 15) is 8.78 Å². The summed E-state index contributed by atoms with van der Waals surface area (Å²) in [5.74, 6) is -1.68. The lowest BCUT2D eigenvalue weighted by Crippen LogP contribution is -2.31. The van der Waals surface area contributed by atoms with Crippen molar-refractivity contribution in [3.8, 4) is 0 Å². The van der Waals surface area contributed by atoms with Gasteiger partial charge in [-0.1, -0.05) is 12.1 Å². The Morgan fingerprint density at radius 3 is 2.75 bits per heavy atom. The molecule has 4 nitrogen and oxygen atoms in total. The van der Waals surface area contributed by atoms with Crippen LogP contribution in [0.1, 0.15) is 17.2 Å². The highest BCUT2D eigenvalue weighted by atomic mass is 19.2. The monoisotopic (exact) mass is 280 g/mol. The van der Waals surface area contributed by atoms with Gasteiger partial charge in [-0.3, -0.25) is 9.58 Å². The zero-order chi connectivity index (χ0) is 14.7. The molecule has 0 aliphatic carbocycles. The van der Waals surface area contributed by atoms with E-state index >= 15 is 0 Å². The zero-order valence-electron chi connectivity index (χ0n) is 11.6. The molecular weight excluding hydrogens is 262 g/mol. The fraction of sp³-hybridized carbons (Fsp3) is 0.357. The summed E-state index contributed by atoms with van der Waals surface area (Å²) in [6.45, 7) is 0.767. The SMILES string of the molecule is CN(Cc1cnn(C)c1)C(CN)c1cccc(F)c1F. The molecule has 0 aliphatic heterocycles. The summed E-state index contributed by atoms with van der Waals surface area (Å²) in [5.41, 5.74) is 7.00. The molecule has 0 fully saturated rings. The summed E-state index contributed by atoms with van der Waals surface area (Å²) >= 11 is 0. The maximum absolute atomic E-state index is 13.9. The first-order valence-corrected chi connectivity index (χ1v) is 6.34. The topological polar surface area (TPSA) is 47.1 Å². The van der Waals surface area contributed by atoms with E-state index in [0.29, 0.717) is 6.54 Å². The van der Waals surface area contributed by atoms with Gasteiger partial charge in [0.2, 0.25) is 0 Å². The van der Waals surface area contributed by atoms with E-state index < -0.39 is 11.6 Å². The molecule has 1 atom stereocenters. The molecular formula is C14H18F2N4. The molecule has 0 spiro atoms. The Morgan fingerprint density at radius 2 is 2.15 bits per heavy atom. The van der Waals surface area contributed by atoms with E-state index in [1.807, 2.05) is 25.2 Å². The van der Waals surface area contributed by atoms with E-state index in [4.69, 9.17) is 5.73 Å². The van der Waals surface area contributed by atoms with Gasteiger partial charge in [0.15, 0.2) is 11.6 Å². The van der Waals surface area contributed by atoms with Crippen molar-refractivity contribution in [1.82, 2.24) is 14.7 Å². The smallest absolute Gasteiger partial charge is 0.163 e. The number of benzene rings is 1. The average Bonchev–Trinajstić information content (AvgIpc) is 2.81. The Morgan fingerprint density at radius 1 is 1.40 bits per heavy atom. The Balaban J connectivity index is 2.20. The number of rotatable bonds is 5. The predicted molar refractivity (Wildman–Crippen MR) is 72.8 cm³/mol. The molecule has 0 aliphatic rings. The molecule has 20 heavy (non-hydrogen) atoms. The minimum Gasteiger partial charge on any atom is -0.329 e. The van der Waals surface area contributed by atoms with Crippen molar-refractivity contribution in [2.24, 2.45) is 12.8 Å². The third-order valence-electron chi connectivity index (χ3n) is 3.29. The van der Waals surface area contributed by atoms with E-state index in [2.05, 4.69) is 5.10 Å². The number of hydrogen-bond donors (Lipinski definition) is 1. The van der Waals surface area contributed by atoms with Gasteiger partial charge in [0, 0.05) is 37.5 Å². The summed E-state index contributed by atoms with van der Waals surface area (Å²) in [5, 5.41) is 4.08. The third kappa shape index (κ3) is 3.02. The number of aryl methyl sites for hydroxylation is 1. The number of nitrogens with two attached hydrogens (primary N) is 1. The zero-order valence-corrected chi connectivity index (χ0v) is 11.6. The van der Waals surface area contributed by atoms with Crippen LogP contribution in [0.25, 0.3) is 0 Å². The second-order valence-electron chi connectivity index (χ2n) is 4.83. The van der Waals surface area contributed by atoms with Gasteiger partial charge in [0.05, 0.1) is 12.2 Å². The third-order valence-corrected chi connectivity index (χ3v) is 3.29. The fourth-order valence-corrected chi connectivity index (χ4v) is 2.27. The standard InChI is InChI=1S/C14H18F2N4/c1-19(8-10-7-18-20(2)9-10)13(6-17)11-4-3-5-12(15)14(11)16/h3-5,7,9,13H,6,8,17H2,1-2H3. The molecule has 2 rings (SSSR count). The molecule has 0 saturated heterocycles. The van der Waals surface area contributed by atoms with Gasteiger partial charge < -0.3 is 5.73 Å². The summed E-state index contributed by atoms with van der Waals surface area (Å²) in [7, 11) is 3.66. The first-order chi connectivity index (χ1) is 9.52. The normalized spacial score (nSPS) is 12.9. The van der Waals surface area contributed by atoms with Crippen molar-refractivity contribution in [2.45, 2.75) is 12.6 Å². The van der Waals surface area contributed by atoms with Crippen LogP contribution in [0.2, 0.25) is 0 Å². The highest BCUT2D eigenvalue weighted by molar-refractivity contribution is 5.23. The van der Waals surface area contributed by atoms with Crippen molar-refractivity contribution in [1.29, 1.82) is 0 Å². The second kappa shape index (κ2) is 6.11. The summed E-state index contributed by atoms with van der Waals surface area (Å²) in [4.78, 5) is 1.88. The average molecular weight is 280 g/mol. The highest BCUT2D eigenvalue weighted by Gasteiger charge is 2.21. The van der Waals surface area contributed by atoms with Crippen LogP contribution in [-0.4, -0.2) is 28.3 Å². The van der Waals surface area contributed by atoms with Gasteiger partial charge in [0.1, 0.15) is 0 Å². The summed E-state index contributed by atoms with van der Waals surface area (Å²) in [6.07, 6.45) is 3.62. The number of nitrogens with zero attached hydrogens (tertiary/aromatic N) is 3. The van der Waals surface area contributed by atoms with Crippen LogP contribution in [0.5, 0.6) is 0 Å². The van der Waals surface area contributed by atoms with Crippen LogP contribution < -0.4 is 5.73 Å². The molecule has 1 heterocycles. The lowest BCUT2D eigenvalue weighted by Gasteiger charge is -2.27. The molecule has 2 N–H and O–H groups in total. The molecule has 6 heteroatoms. The predicted octanol–water partition coefficient (Wildman–Crippen LogP) is 1.83. The van der Waals surface area contributed by atoms with E-state index in [-0.39, 0.29) is 18.2 Å². The van der Waals surface area contributed by atoms with Crippen LogP contribution in [0, 0.1) is 11.6 Å². The molecule has 0 saturated carbocycles. The maximum atomic E-state index is 13.9. The summed E-state index contributed by atoms with van der Waals surface area (Å²) in [6, 6.07) is 3.78. The minimum absolute atomic E-state index is 0.205. The fourth-order valence-electron chi connectivity index (χ4n) is 2.27. The van der Waals surface area contributed by atoms with Gasteiger partial charge >= 0.3 is 0 Å². The Bertz CT molecular complexity index is 582. The van der Waals surface area contributed by atoms with Gasteiger partial charge in [-0.15, -0.1) is 0 Å². The summed E-state index contributed by atoms with van der Waals surface area (Å²) < 4.78 is 28.9. The van der Waals surface area contributed by atoms with Crippen molar-refractivity contribution in [3.05, 3.63) is 53.4 Å². The van der Waals surface area contributed by atoms with Gasteiger partial charge in [-0.2, -0.15) is 5.10 Å². The number of hydrogen-bond acceptors (Lipinski definition) is 3. The van der Waals surface area contributed by atoms with Crippen molar-refractivity contribution < 1.29 is 8.78 Å². The van der Waals surface area contributed by atoms with E-state index in [1.165, 1.54) is 6.07 Å². The molecule has 0 bridgehead atoms. The van der Waals surface area contributed by atoms with E-state index in [0.717, 1.165) is 11.6 Å². The molecule has 1 aromatic heterocycles. The van der Waals surface area contributed by atoms with Crippen molar-refractivity contribution in [3.63, 3.8) is 0 Å². The molecule has 2 aromatic rings. The largest absolute Gasteiger partial charge is 0.329 e. The Labute approximate surface area is 116 Å². The van der Waals surface area contributed by atoms with Crippen LogP contribution in [0.4, 0.5) is 8.78 Å². The Hall–Kier alpha value is -1.79. The van der Waals surface area contributed by atoms with Gasteiger partial charge in [-0.05, 0) is 13.1 Å². The van der Waals surface area contributed by atoms with Crippen LogP contribution in [0.3, 0.4) is 0 Å². The molecule has 1 unspecified atom stereocenters. The Kier molecular flexibility index (Phi) is 4.46. The maximum Gasteiger partial charge on any atom is 0.163 e. The van der Waals surface area contributed by atoms with Gasteiger partial charge in [-0.25, -0.2) is 8.78 Å². The molecule has 1 aromatic carbocycles. The van der Waals surface area contributed by atoms with Gasteiger partial charge in [0.25, 0.3) is 0 Å². The first kappa shape index (κ1) is 14.6. The first-order valence-electron chi connectivity index (χ1n) is 6.34. The molecule has 108 valence electrons. The second-order valence-corrected chi connectivity index (χ2v) is 4.83. The number of likely N-dealkylation sites (N-methyl/N-ethyl adjacent to an activating group) is 1. The number of halogens is 2. The van der Waals surface area contributed by atoms with Crippen molar-refractivity contribution >= 4 is 0 Å².